The first kappa shape index (κ1) is 19.4. The summed E-state index contributed by atoms with van der Waals surface area (Å²) >= 11 is 0. The van der Waals surface area contributed by atoms with Crippen molar-refractivity contribution in [1.82, 2.24) is 19.2 Å². The van der Waals surface area contributed by atoms with E-state index in [1.165, 1.54) is 64.7 Å². The van der Waals surface area contributed by atoms with E-state index in [1.807, 2.05) is 6.20 Å². The molecule has 0 spiro atoms. The molecule has 0 saturated carbocycles. The minimum absolute atomic E-state index is 0.863. The minimum atomic E-state index is 0.863. The molecule has 162 valence electrons. The number of para-hydroxylation sites is 1. The zero-order valence-corrected chi connectivity index (χ0v) is 18.6. The van der Waals surface area contributed by atoms with Crippen molar-refractivity contribution >= 4 is 33.1 Å². The van der Waals surface area contributed by atoms with Crippen LogP contribution in [0.1, 0.15) is 18.5 Å². The van der Waals surface area contributed by atoms with E-state index in [1.54, 1.807) is 0 Å². The molecule has 2 aromatic carbocycles. The molecule has 0 radical (unpaired) electrons. The number of benzene rings is 2. The first-order valence-electron chi connectivity index (χ1n) is 11.6. The van der Waals surface area contributed by atoms with E-state index in [0.29, 0.717) is 0 Å². The van der Waals surface area contributed by atoms with Gasteiger partial charge in [0.25, 0.3) is 0 Å². The molecular formula is C27H29N5. The molecule has 5 heteroatoms. The van der Waals surface area contributed by atoms with Crippen molar-refractivity contribution in [2.45, 2.75) is 19.4 Å². The Labute approximate surface area is 188 Å². The molecule has 0 aliphatic carbocycles. The lowest BCUT2D eigenvalue weighted by atomic mass is 10.1. The van der Waals surface area contributed by atoms with E-state index < -0.39 is 0 Å². The molecule has 4 aromatic rings. The van der Waals surface area contributed by atoms with Crippen molar-refractivity contribution in [2.75, 3.05) is 31.1 Å². The van der Waals surface area contributed by atoms with Gasteiger partial charge in [0, 0.05) is 54.0 Å². The van der Waals surface area contributed by atoms with Crippen LogP contribution in [0.5, 0.6) is 0 Å². The summed E-state index contributed by atoms with van der Waals surface area (Å²) < 4.78 is 4.44. The number of aryl methyl sites for hydroxylation is 1. The molecule has 2 aliphatic rings. The zero-order chi connectivity index (χ0) is 21.5. The Hall–Kier alpha value is -3.31. The fourth-order valence-electron chi connectivity index (χ4n) is 5.12. The van der Waals surface area contributed by atoms with Gasteiger partial charge in [-0.05, 0) is 67.9 Å². The molecule has 0 atom stereocenters. The molecule has 0 amide bonds. The van der Waals surface area contributed by atoms with Crippen molar-refractivity contribution in [3.8, 4) is 0 Å². The number of rotatable bonds is 5. The van der Waals surface area contributed by atoms with Crippen LogP contribution >= 0.6 is 0 Å². The van der Waals surface area contributed by atoms with Gasteiger partial charge in [-0.2, -0.15) is 5.10 Å². The topological polar surface area (TPSA) is 29.2 Å². The van der Waals surface area contributed by atoms with Gasteiger partial charge in [-0.25, -0.2) is 0 Å². The maximum atomic E-state index is 4.66. The lowest BCUT2D eigenvalue weighted by Gasteiger charge is -2.23. The number of allylic oxidation sites excluding steroid dienone is 2. The first-order valence-corrected chi connectivity index (χ1v) is 11.6. The predicted octanol–water partition coefficient (Wildman–Crippen LogP) is 5.04. The summed E-state index contributed by atoms with van der Waals surface area (Å²) in [4.78, 5) is 4.84. The molecule has 5 nitrogen and oxygen atoms in total. The lowest BCUT2D eigenvalue weighted by molar-refractivity contribution is 0.318. The highest BCUT2D eigenvalue weighted by molar-refractivity contribution is 5.89. The fraction of sp³-hybridized carbons (Fsp3) is 0.296. The summed E-state index contributed by atoms with van der Waals surface area (Å²) in [7, 11) is 2.15. The van der Waals surface area contributed by atoms with Crippen LogP contribution in [0.15, 0.2) is 73.1 Å². The Morgan fingerprint density at radius 1 is 0.906 bits per heavy atom. The van der Waals surface area contributed by atoms with Crippen molar-refractivity contribution in [1.29, 1.82) is 0 Å². The number of fused-ring (bicyclic) bond motifs is 2. The van der Waals surface area contributed by atoms with Gasteiger partial charge in [0.2, 0.25) is 0 Å². The SMILES string of the molecule is Cn1c(C2=CCN(c3ccc4c(cnn4CCN4CCCC4)c3)C=C2)cc2ccccc21. The quantitative estimate of drug-likeness (QED) is 0.450. The largest absolute Gasteiger partial charge is 0.344 e. The Balaban J connectivity index is 1.19. The summed E-state index contributed by atoms with van der Waals surface area (Å²) in [6, 6.07) is 17.5. The third-order valence-electron chi connectivity index (χ3n) is 6.97. The average Bonchev–Trinajstić information content (AvgIpc) is 3.57. The smallest absolute Gasteiger partial charge is 0.0684 e. The Morgan fingerprint density at radius 2 is 1.78 bits per heavy atom. The molecule has 0 N–H and O–H groups in total. The molecule has 1 fully saturated rings. The van der Waals surface area contributed by atoms with Gasteiger partial charge in [0.15, 0.2) is 0 Å². The second kappa shape index (κ2) is 7.99. The van der Waals surface area contributed by atoms with Gasteiger partial charge in [-0.3, -0.25) is 4.68 Å². The minimum Gasteiger partial charge on any atom is -0.344 e. The highest BCUT2D eigenvalue weighted by atomic mass is 15.3. The van der Waals surface area contributed by atoms with Gasteiger partial charge in [-0.15, -0.1) is 0 Å². The summed E-state index contributed by atoms with van der Waals surface area (Å²) in [5.41, 5.74) is 6.24. The third kappa shape index (κ3) is 3.43. The van der Waals surface area contributed by atoms with Crippen LogP contribution in [-0.4, -0.2) is 45.4 Å². The summed E-state index contributed by atoms with van der Waals surface area (Å²) in [5, 5.41) is 7.16. The number of likely N-dealkylation sites (tertiary alicyclic amines) is 1. The molecule has 0 bridgehead atoms. The summed E-state index contributed by atoms with van der Waals surface area (Å²) in [6.45, 7) is 5.39. The average molecular weight is 424 g/mol. The second-order valence-corrected chi connectivity index (χ2v) is 8.93. The van der Waals surface area contributed by atoms with E-state index >= 15 is 0 Å². The van der Waals surface area contributed by atoms with E-state index in [9.17, 15) is 0 Å². The molecule has 4 heterocycles. The Kier molecular flexibility index (Phi) is 4.84. The van der Waals surface area contributed by atoms with Gasteiger partial charge in [0.05, 0.1) is 18.3 Å². The summed E-state index contributed by atoms with van der Waals surface area (Å²) in [6.07, 6.45) is 11.4. The zero-order valence-electron chi connectivity index (χ0n) is 18.6. The van der Waals surface area contributed by atoms with E-state index in [2.05, 4.69) is 98.1 Å². The van der Waals surface area contributed by atoms with Crippen molar-refractivity contribution in [2.24, 2.45) is 7.05 Å². The monoisotopic (exact) mass is 423 g/mol. The number of aromatic nitrogens is 3. The number of nitrogens with zero attached hydrogens (tertiary/aromatic N) is 5. The van der Waals surface area contributed by atoms with Crippen LogP contribution in [0, 0.1) is 0 Å². The second-order valence-electron chi connectivity index (χ2n) is 8.93. The van der Waals surface area contributed by atoms with Crippen molar-refractivity contribution in [3.63, 3.8) is 0 Å². The van der Waals surface area contributed by atoms with Crippen LogP contribution in [0.4, 0.5) is 5.69 Å². The molecule has 2 aromatic heterocycles. The van der Waals surface area contributed by atoms with Crippen LogP contribution in [0.25, 0.3) is 27.4 Å². The van der Waals surface area contributed by atoms with Crippen LogP contribution in [-0.2, 0) is 13.6 Å². The van der Waals surface area contributed by atoms with Gasteiger partial charge in [0.1, 0.15) is 0 Å². The standard InChI is InChI=1S/C27H29N5/c1-29-25-7-3-2-6-22(25)19-27(29)21-10-14-31(15-11-21)24-8-9-26-23(18-24)20-28-32(26)17-16-30-12-4-5-13-30/h2-3,6-11,14,18-20H,4-5,12-13,15-17H2,1H3. The highest BCUT2D eigenvalue weighted by Crippen LogP contribution is 2.29. The maximum Gasteiger partial charge on any atom is 0.0684 e. The highest BCUT2D eigenvalue weighted by Gasteiger charge is 2.15. The number of hydrogen-bond acceptors (Lipinski definition) is 3. The van der Waals surface area contributed by atoms with Gasteiger partial charge < -0.3 is 14.4 Å². The first-order chi connectivity index (χ1) is 15.8. The van der Waals surface area contributed by atoms with Crippen molar-refractivity contribution < 1.29 is 0 Å². The molecule has 32 heavy (non-hydrogen) atoms. The normalized spacial score (nSPS) is 17.0. The fourth-order valence-corrected chi connectivity index (χ4v) is 5.12. The van der Waals surface area contributed by atoms with Crippen LogP contribution in [0.3, 0.4) is 0 Å². The van der Waals surface area contributed by atoms with Gasteiger partial charge >= 0.3 is 0 Å². The summed E-state index contributed by atoms with van der Waals surface area (Å²) in [5.74, 6) is 0. The maximum absolute atomic E-state index is 4.66. The predicted molar refractivity (Wildman–Crippen MR) is 133 cm³/mol. The van der Waals surface area contributed by atoms with E-state index in [-0.39, 0.29) is 0 Å². The van der Waals surface area contributed by atoms with E-state index in [4.69, 9.17) is 0 Å². The molecule has 2 aliphatic heterocycles. The molecule has 0 unspecified atom stereocenters. The number of anilines is 1. The number of hydrogen-bond donors (Lipinski definition) is 0. The van der Waals surface area contributed by atoms with Crippen LogP contribution < -0.4 is 4.90 Å². The molecule has 1 saturated heterocycles. The van der Waals surface area contributed by atoms with Gasteiger partial charge in [-0.1, -0.05) is 24.3 Å². The van der Waals surface area contributed by atoms with Crippen molar-refractivity contribution in [3.05, 3.63) is 78.8 Å². The third-order valence-corrected chi connectivity index (χ3v) is 6.97. The molecular weight excluding hydrogens is 394 g/mol. The Morgan fingerprint density at radius 3 is 2.59 bits per heavy atom. The Bertz CT molecular complexity index is 1330. The lowest BCUT2D eigenvalue weighted by Crippen LogP contribution is -2.24. The van der Waals surface area contributed by atoms with Crippen LogP contribution in [0.2, 0.25) is 0 Å². The van der Waals surface area contributed by atoms with E-state index in [0.717, 1.165) is 19.6 Å². The molecule has 6 rings (SSSR count).